The van der Waals surface area contributed by atoms with Gasteiger partial charge in [0, 0.05) is 53.3 Å². The van der Waals surface area contributed by atoms with Crippen LogP contribution in [0.1, 0.15) is 22.0 Å². The lowest BCUT2D eigenvalue weighted by Crippen LogP contribution is -2.30. The van der Waals surface area contributed by atoms with E-state index in [4.69, 9.17) is 21.1 Å². The Bertz CT molecular complexity index is 1410. The number of nitrogens with zero attached hydrogens (tertiary/aromatic N) is 2. The molecule has 0 radical (unpaired) electrons. The van der Waals surface area contributed by atoms with Gasteiger partial charge in [0.15, 0.2) is 11.5 Å². The molecule has 5 rings (SSSR count). The number of nitrogens with one attached hydrogen (secondary N) is 1. The van der Waals surface area contributed by atoms with Gasteiger partial charge in [0.1, 0.15) is 18.1 Å². The Hall–Kier alpha value is -3.42. The average molecular weight is 494 g/mol. The third kappa shape index (κ3) is 4.15. The Balaban J connectivity index is 1.51. The van der Waals surface area contributed by atoms with E-state index in [2.05, 4.69) is 4.98 Å². The van der Waals surface area contributed by atoms with Crippen molar-refractivity contribution in [1.82, 2.24) is 9.88 Å². The Morgan fingerprint density at radius 3 is 2.66 bits per heavy atom. The number of amides is 1. The number of carbonyl (C=O) groups is 1. The number of likely N-dealkylation sites (N-methyl/N-ethyl adjacent to an activating group) is 1. The zero-order chi connectivity index (χ0) is 24.7. The summed E-state index contributed by atoms with van der Waals surface area (Å²) in [6.45, 7) is 1.74. The zero-order valence-electron chi connectivity index (χ0n) is 20.0. The molecule has 1 aliphatic rings. The molecule has 0 aliphatic carbocycles. The minimum absolute atomic E-state index is 0.0257. The normalized spacial score (nSPS) is 15.2. The van der Waals surface area contributed by atoms with Crippen LogP contribution >= 0.6 is 11.6 Å². The van der Waals surface area contributed by atoms with Crippen LogP contribution in [0.25, 0.3) is 21.7 Å². The van der Waals surface area contributed by atoms with Gasteiger partial charge in [-0.3, -0.25) is 4.79 Å². The van der Waals surface area contributed by atoms with E-state index in [1.807, 2.05) is 61.5 Å². The fourth-order valence-electron chi connectivity index (χ4n) is 4.76. The van der Waals surface area contributed by atoms with Crippen LogP contribution in [0.4, 0.5) is 5.69 Å². The molecule has 1 aromatic heterocycles. The second-order valence-electron chi connectivity index (χ2n) is 9.07. The Kier molecular flexibility index (Phi) is 6.21. The van der Waals surface area contributed by atoms with Crippen molar-refractivity contribution in [3.05, 3.63) is 59.8 Å². The maximum Gasteiger partial charge on any atom is 0.274 e. The highest BCUT2D eigenvalue weighted by molar-refractivity contribution is 6.19. The van der Waals surface area contributed by atoms with Crippen LogP contribution < -0.4 is 14.4 Å². The molecule has 0 saturated carbocycles. The number of carbonyl (C=O) groups excluding carboxylic acids is 1. The van der Waals surface area contributed by atoms with Gasteiger partial charge in [-0.1, -0.05) is 24.3 Å². The number of methoxy groups -OCH3 is 1. The molecule has 4 aromatic rings. The number of rotatable bonds is 7. The molecule has 3 aromatic carbocycles. The summed E-state index contributed by atoms with van der Waals surface area (Å²) in [7, 11) is 5.57. The van der Waals surface area contributed by atoms with Crippen LogP contribution in [0.5, 0.6) is 17.2 Å². The highest BCUT2D eigenvalue weighted by Crippen LogP contribution is 2.45. The fraction of sp³-hybridized carbons (Fsp3) is 0.296. The number of H-pyrrole nitrogens is 1. The Morgan fingerprint density at radius 1 is 1.17 bits per heavy atom. The van der Waals surface area contributed by atoms with Crippen molar-refractivity contribution >= 4 is 44.9 Å². The molecular formula is C27H28ClN3O4. The summed E-state index contributed by atoms with van der Waals surface area (Å²) in [5.74, 6) is 1.55. The van der Waals surface area contributed by atoms with Crippen molar-refractivity contribution in [3.63, 3.8) is 0 Å². The van der Waals surface area contributed by atoms with Crippen LogP contribution in [0.15, 0.2) is 48.5 Å². The van der Waals surface area contributed by atoms with Crippen molar-refractivity contribution in [2.45, 2.75) is 5.92 Å². The van der Waals surface area contributed by atoms with Crippen molar-refractivity contribution in [2.24, 2.45) is 0 Å². The number of phenols is 1. The van der Waals surface area contributed by atoms with Crippen molar-refractivity contribution in [2.75, 3.05) is 51.7 Å². The van der Waals surface area contributed by atoms with E-state index in [9.17, 15) is 9.90 Å². The maximum absolute atomic E-state index is 13.7. The second kappa shape index (κ2) is 9.32. The second-order valence-corrected chi connectivity index (χ2v) is 9.37. The lowest BCUT2D eigenvalue weighted by atomic mass is 9.95. The number of aromatic nitrogens is 1. The largest absolute Gasteiger partial charge is 0.507 e. The van der Waals surface area contributed by atoms with Gasteiger partial charge in [-0.15, -0.1) is 11.6 Å². The number of benzene rings is 3. The van der Waals surface area contributed by atoms with E-state index in [1.54, 1.807) is 18.1 Å². The third-order valence-electron chi connectivity index (χ3n) is 6.51. The van der Waals surface area contributed by atoms with Crippen LogP contribution in [0.3, 0.4) is 0 Å². The topological polar surface area (TPSA) is 78.0 Å². The predicted octanol–water partition coefficient (Wildman–Crippen LogP) is 4.96. The van der Waals surface area contributed by atoms with Crippen molar-refractivity contribution in [1.29, 1.82) is 0 Å². The number of hydrogen-bond donors (Lipinski definition) is 2. The molecular weight excluding hydrogens is 466 g/mol. The number of anilines is 1. The van der Waals surface area contributed by atoms with Gasteiger partial charge >= 0.3 is 0 Å². The molecule has 0 bridgehead atoms. The summed E-state index contributed by atoms with van der Waals surface area (Å²) in [5, 5.41) is 13.2. The van der Waals surface area contributed by atoms with Gasteiger partial charge in [-0.05, 0) is 37.2 Å². The van der Waals surface area contributed by atoms with Crippen LogP contribution in [-0.4, -0.2) is 67.7 Å². The van der Waals surface area contributed by atoms with Gasteiger partial charge < -0.3 is 29.4 Å². The van der Waals surface area contributed by atoms with Crippen LogP contribution in [0, 0.1) is 0 Å². The molecule has 0 saturated heterocycles. The molecule has 7 nitrogen and oxygen atoms in total. The molecule has 182 valence electrons. The molecule has 1 amide bonds. The monoisotopic (exact) mass is 493 g/mol. The first-order valence-electron chi connectivity index (χ1n) is 11.5. The minimum atomic E-state index is -0.182. The van der Waals surface area contributed by atoms with Crippen LogP contribution in [0.2, 0.25) is 0 Å². The van der Waals surface area contributed by atoms with Gasteiger partial charge in [-0.25, -0.2) is 0 Å². The van der Waals surface area contributed by atoms with Gasteiger partial charge in [-0.2, -0.15) is 0 Å². The molecule has 0 unspecified atom stereocenters. The number of phenolic OH excluding ortho intramolecular Hbond substituents is 1. The average Bonchev–Trinajstić information content (AvgIpc) is 3.44. The first kappa shape index (κ1) is 23.3. The van der Waals surface area contributed by atoms with Crippen LogP contribution in [-0.2, 0) is 0 Å². The number of hydrogen-bond acceptors (Lipinski definition) is 5. The highest BCUT2D eigenvalue weighted by atomic mass is 35.5. The quantitative estimate of drug-likeness (QED) is 0.356. The van der Waals surface area contributed by atoms with E-state index in [0.29, 0.717) is 41.9 Å². The molecule has 1 aliphatic heterocycles. The Morgan fingerprint density at radius 2 is 1.94 bits per heavy atom. The van der Waals surface area contributed by atoms with Gasteiger partial charge in [0.05, 0.1) is 12.8 Å². The van der Waals surface area contributed by atoms with E-state index >= 15 is 0 Å². The standard InChI is InChI=1S/C27H28ClN3O4/c1-30(2)8-9-35-25-11-16-10-21(29-20(16)12-24(25)34-3)27(33)31-15-17(14-28)26-19-7-5-4-6-18(19)23(32)13-22(26)31/h4-7,10-13,17,29,32H,8-9,14-15H2,1-3H3/t17-/m1/s1. The SMILES string of the molecule is COc1cc2[nH]c(C(=O)N3C[C@@H](CCl)c4c3cc(O)c3ccccc43)cc2cc1OCCN(C)C. The maximum atomic E-state index is 13.7. The van der Waals surface area contributed by atoms with E-state index < -0.39 is 0 Å². The lowest BCUT2D eigenvalue weighted by Gasteiger charge is -2.17. The molecule has 8 heteroatoms. The summed E-state index contributed by atoms with van der Waals surface area (Å²) in [6, 6.07) is 14.9. The number of halogens is 1. The predicted molar refractivity (Wildman–Crippen MR) is 140 cm³/mol. The van der Waals surface area contributed by atoms with E-state index in [-0.39, 0.29) is 17.6 Å². The first-order chi connectivity index (χ1) is 16.9. The number of aromatic hydroxyl groups is 1. The van der Waals surface area contributed by atoms with Gasteiger partial charge in [0.2, 0.25) is 0 Å². The van der Waals surface area contributed by atoms with Crippen molar-refractivity contribution in [3.8, 4) is 17.2 Å². The first-order valence-corrected chi connectivity index (χ1v) is 12.1. The third-order valence-corrected chi connectivity index (χ3v) is 6.88. The minimum Gasteiger partial charge on any atom is -0.507 e. The molecule has 0 spiro atoms. The summed E-state index contributed by atoms with van der Waals surface area (Å²) in [5.41, 5.74) is 2.91. The molecule has 2 heterocycles. The lowest BCUT2D eigenvalue weighted by molar-refractivity contribution is 0.0984. The molecule has 1 atom stereocenters. The summed E-state index contributed by atoms with van der Waals surface area (Å²) < 4.78 is 11.4. The smallest absolute Gasteiger partial charge is 0.274 e. The Labute approximate surface area is 208 Å². The number of aromatic amines is 1. The zero-order valence-corrected chi connectivity index (χ0v) is 20.7. The summed E-state index contributed by atoms with van der Waals surface area (Å²) >= 11 is 6.33. The molecule has 2 N–H and O–H groups in total. The number of fused-ring (bicyclic) bond motifs is 4. The van der Waals surface area contributed by atoms with Crippen molar-refractivity contribution < 1.29 is 19.4 Å². The van der Waals surface area contributed by atoms with E-state index in [1.165, 1.54) is 0 Å². The molecule has 0 fully saturated rings. The van der Waals surface area contributed by atoms with Gasteiger partial charge in [0.25, 0.3) is 5.91 Å². The molecule has 35 heavy (non-hydrogen) atoms. The number of alkyl halides is 1. The highest BCUT2D eigenvalue weighted by Gasteiger charge is 2.35. The van der Waals surface area contributed by atoms with E-state index in [0.717, 1.165) is 33.8 Å². The summed E-state index contributed by atoms with van der Waals surface area (Å²) in [6.07, 6.45) is 0. The fourth-order valence-corrected chi connectivity index (χ4v) is 5.01. The number of ether oxygens (including phenoxy) is 2. The summed E-state index contributed by atoms with van der Waals surface area (Å²) in [4.78, 5) is 20.7.